The topological polar surface area (TPSA) is 193 Å². The molecule has 13 nitrogen and oxygen atoms in total. The lowest BCUT2D eigenvalue weighted by Gasteiger charge is -2.22. The van der Waals surface area contributed by atoms with Crippen molar-refractivity contribution >= 4 is 52.2 Å². The lowest BCUT2D eigenvalue weighted by Crippen LogP contribution is -2.47. The summed E-state index contributed by atoms with van der Waals surface area (Å²) in [4.78, 5) is 48.9. The van der Waals surface area contributed by atoms with Crippen molar-refractivity contribution in [1.29, 1.82) is 0 Å². The van der Waals surface area contributed by atoms with Crippen LogP contribution in [0.5, 0.6) is 0 Å². The minimum absolute atomic E-state index is 0.110. The minimum Gasteiger partial charge on any atom is -0.444 e. The number of nitrogens with one attached hydrogen (secondary N) is 3. The van der Waals surface area contributed by atoms with Crippen molar-refractivity contribution in [1.82, 2.24) is 15.4 Å². The molecule has 2 amide bonds. The lowest BCUT2D eigenvalue weighted by atomic mass is 10.1. The summed E-state index contributed by atoms with van der Waals surface area (Å²) in [7, 11) is -9.29. The third-order valence-electron chi connectivity index (χ3n) is 5.58. The van der Waals surface area contributed by atoms with E-state index in [0.29, 0.717) is 16.3 Å². The molecule has 0 aliphatic carbocycles. The van der Waals surface area contributed by atoms with Gasteiger partial charge in [-0.3, -0.25) is 15.2 Å². The number of rotatable bonds is 7. The highest BCUT2D eigenvalue weighted by molar-refractivity contribution is 7.90. The smallest absolute Gasteiger partial charge is 0.414 e. The molecule has 5 N–H and O–H groups in total. The van der Waals surface area contributed by atoms with Crippen LogP contribution in [0.25, 0.3) is 10.8 Å². The molecule has 1 unspecified atom stereocenters. The molecule has 1 atom stereocenters. The number of benzene rings is 3. The van der Waals surface area contributed by atoms with Crippen molar-refractivity contribution in [2.24, 2.45) is 4.99 Å². The molecular formula is C29H37N4O9PS. The Morgan fingerprint density at radius 1 is 0.841 bits per heavy atom. The zero-order valence-electron chi connectivity index (χ0n) is 25.2. The maximum Gasteiger partial charge on any atom is 0.414 e. The van der Waals surface area contributed by atoms with Crippen molar-refractivity contribution in [3.05, 3.63) is 72.3 Å². The number of hydrogen-bond donors (Lipinski definition) is 5. The molecule has 3 rings (SSSR count). The monoisotopic (exact) mass is 648 g/mol. The van der Waals surface area contributed by atoms with Crippen molar-refractivity contribution in [3.63, 3.8) is 0 Å². The Bertz CT molecular complexity index is 1650. The van der Waals surface area contributed by atoms with Crippen LogP contribution < -0.4 is 15.4 Å². The van der Waals surface area contributed by atoms with Gasteiger partial charge in [-0.2, -0.15) is 4.72 Å². The molecular weight excluding hydrogens is 611 g/mol. The van der Waals surface area contributed by atoms with Gasteiger partial charge in [0.2, 0.25) is 16.0 Å². The second-order valence-electron chi connectivity index (χ2n) is 11.8. The summed E-state index contributed by atoms with van der Waals surface area (Å²) >= 11 is 0. The Morgan fingerprint density at radius 3 is 1.89 bits per heavy atom. The van der Waals surface area contributed by atoms with Gasteiger partial charge >= 0.3 is 19.8 Å². The van der Waals surface area contributed by atoms with Gasteiger partial charge in [0, 0.05) is 11.8 Å². The molecule has 0 radical (unpaired) electrons. The Kier molecular flexibility index (Phi) is 10.6. The van der Waals surface area contributed by atoms with Crippen molar-refractivity contribution < 1.29 is 41.8 Å². The number of carbonyl (C=O) groups is 2. The van der Waals surface area contributed by atoms with Gasteiger partial charge in [-0.1, -0.05) is 48.5 Å². The van der Waals surface area contributed by atoms with Gasteiger partial charge < -0.3 is 19.3 Å². The van der Waals surface area contributed by atoms with Crippen molar-refractivity contribution in [3.8, 4) is 0 Å². The molecule has 3 aromatic rings. The van der Waals surface area contributed by atoms with E-state index in [2.05, 4.69) is 20.3 Å². The summed E-state index contributed by atoms with van der Waals surface area (Å²) in [5, 5.41) is 5.77. The molecule has 0 aromatic heterocycles. The van der Waals surface area contributed by atoms with Gasteiger partial charge in [0.1, 0.15) is 17.0 Å². The summed E-state index contributed by atoms with van der Waals surface area (Å²) in [6.07, 6.45) is -2.11. The first-order valence-electron chi connectivity index (χ1n) is 13.4. The number of sulfonamides is 1. The largest absolute Gasteiger partial charge is 0.444 e. The molecule has 0 bridgehead atoms. The van der Waals surface area contributed by atoms with Crippen LogP contribution >= 0.6 is 7.60 Å². The highest BCUT2D eigenvalue weighted by atomic mass is 32.2. The van der Waals surface area contributed by atoms with Crippen LogP contribution in [0.4, 0.5) is 15.3 Å². The van der Waals surface area contributed by atoms with E-state index in [9.17, 15) is 32.4 Å². The van der Waals surface area contributed by atoms with E-state index < -0.39 is 46.8 Å². The average molecular weight is 649 g/mol. The summed E-state index contributed by atoms with van der Waals surface area (Å²) in [5.41, 5.74) is -1.04. The SMILES string of the molecule is CC(C)(C)OC(=O)NC(=Nc1ccc(CC(NS(=O)(=O)c2cccc3ccccc23)P(=O)(O)O)cc1)NC(=O)OC(C)(C)C. The molecule has 238 valence electrons. The average Bonchev–Trinajstić information content (AvgIpc) is 2.86. The number of carbonyl (C=O) groups excluding carboxylic acids is 2. The van der Waals surface area contributed by atoms with Crippen LogP contribution in [0, 0.1) is 0 Å². The van der Waals surface area contributed by atoms with E-state index in [4.69, 9.17) is 9.47 Å². The molecule has 0 heterocycles. The van der Waals surface area contributed by atoms with Crippen molar-refractivity contribution in [2.45, 2.75) is 69.8 Å². The maximum atomic E-state index is 13.3. The number of hydrogen-bond acceptors (Lipinski definition) is 8. The number of aliphatic imine (C=N–C) groups is 1. The van der Waals surface area contributed by atoms with E-state index in [1.54, 1.807) is 77.9 Å². The van der Waals surface area contributed by atoms with Crippen LogP contribution in [0.1, 0.15) is 47.1 Å². The highest BCUT2D eigenvalue weighted by Crippen LogP contribution is 2.42. The Balaban J connectivity index is 1.84. The van der Waals surface area contributed by atoms with Gasteiger partial charge in [0.15, 0.2) is 0 Å². The maximum absolute atomic E-state index is 13.3. The molecule has 0 saturated carbocycles. The molecule has 0 fully saturated rings. The summed E-state index contributed by atoms with van der Waals surface area (Å²) < 4.78 is 51.5. The van der Waals surface area contributed by atoms with Crippen LogP contribution in [0.2, 0.25) is 0 Å². The van der Waals surface area contributed by atoms with Crippen molar-refractivity contribution in [2.75, 3.05) is 0 Å². The van der Waals surface area contributed by atoms with Gasteiger partial charge in [0.25, 0.3) is 0 Å². The first-order chi connectivity index (χ1) is 20.2. The highest BCUT2D eigenvalue weighted by Gasteiger charge is 2.34. The minimum atomic E-state index is -4.96. The third-order valence-corrected chi connectivity index (χ3v) is 8.41. The Hall–Kier alpha value is -3.81. The summed E-state index contributed by atoms with van der Waals surface area (Å²) in [6, 6.07) is 17.3. The summed E-state index contributed by atoms with van der Waals surface area (Å²) in [6.45, 7) is 9.98. The lowest BCUT2D eigenvalue weighted by molar-refractivity contribution is 0.0545. The van der Waals surface area contributed by atoms with E-state index in [0.717, 1.165) is 0 Å². The number of ether oxygens (including phenoxy) is 2. The van der Waals surface area contributed by atoms with Crippen LogP contribution in [-0.4, -0.2) is 53.3 Å². The number of fused-ring (bicyclic) bond motifs is 1. The molecule has 15 heteroatoms. The molecule has 0 aliphatic rings. The van der Waals surface area contributed by atoms with E-state index in [-0.39, 0.29) is 23.0 Å². The van der Waals surface area contributed by atoms with Crippen LogP contribution in [0.15, 0.2) is 76.6 Å². The molecule has 0 spiro atoms. The number of alkyl carbamates (subject to hydrolysis) is 2. The second kappa shape index (κ2) is 13.4. The van der Waals surface area contributed by atoms with Gasteiger partial charge in [-0.25, -0.2) is 23.0 Å². The number of guanidine groups is 1. The number of amides is 2. The fourth-order valence-corrected chi connectivity index (χ4v) is 6.56. The Morgan fingerprint density at radius 2 is 1.36 bits per heavy atom. The zero-order chi connectivity index (χ0) is 32.9. The van der Waals surface area contributed by atoms with Crippen LogP contribution in [0.3, 0.4) is 0 Å². The standard InChI is InChI=1S/C29H37N4O9PS/c1-28(2,3)41-26(34)31-25(32-27(35)42-29(4,5)6)30-21-16-14-19(15-17-21)18-24(43(36,37)38)33-44(39,40)23-13-9-11-20-10-7-8-12-22(20)23/h7-17,24,33H,18H2,1-6H3,(H2,36,37,38)(H2,30,31,32,34,35). The normalized spacial score (nSPS) is 13.1. The first-order valence-corrected chi connectivity index (χ1v) is 16.6. The predicted molar refractivity (Wildman–Crippen MR) is 166 cm³/mol. The number of nitrogens with zero attached hydrogens (tertiary/aromatic N) is 1. The summed E-state index contributed by atoms with van der Waals surface area (Å²) in [5.74, 6) is -2.06. The zero-order valence-corrected chi connectivity index (χ0v) is 26.9. The predicted octanol–water partition coefficient (Wildman–Crippen LogP) is 4.90. The second-order valence-corrected chi connectivity index (χ2v) is 15.3. The Labute approximate surface area is 256 Å². The van der Waals surface area contributed by atoms with Crippen LogP contribution in [-0.2, 0) is 30.5 Å². The molecule has 0 saturated heterocycles. The van der Waals surface area contributed by atoms with E-state index in [1.165, 1.54) is 30.3 Å². The fraction of sp³-hybridized carbons (Fsp3) is 0.345. The third kappa shape index (κ3) is 10.7. The van der Waals surface area contributed by atoms with E-state index >= 15 is 0 Å². The first kappa shape index (κ1) is 34.7. The van der Waals surface area contributed by atoms with E-state index in [1.807, 2.05) is 0 Å². The van der Waals surface area contributed by atoms with Gasteiger partial charge in [-0.15, -0.1) is 0 Å². The molecule has 3 aromatic carbocycles. The quantitative estimate of drug-likeness (QED) is 0.135. The van der Waals surface area contributed by atoms with Gasteiger partial charge in [-0.05, 0) is 70.7 Å². The molecule has 44 heavy (non-hydrogen) atoms. The fourth-order valence-electron chi connectivity index (χ4n) is 3.85. The molecule has 0 aliphatic heterocycles. The van der Waals surface area contributed by atoms with Gasteiger partial charge in [0.05, 0.1) is 10.6 Å².